The Morgan fingerprint density at radius 2 is 2.21 bits per heavy atom. The van der Waals surface area contributed by atoms with Gasteiger partial charge in [0.05, 0.1) is 24.1 Å². The van der Waals surface area contributed by atoms with E-state index in [1.165, 1.54) is 5.01 Å². The van der Waals surface area contributed by atoms with Crippen LogP contribution in [0.15, 0.2) is 29.6 Å². The minimum Gasteiger partial charge on any atom is -0.450 e. The summed E-state index contributed by atoms with van der Waals surface area (Å²) in [7, 11) is 0. The maximum Gasteiger partial charge on any atom is 0.407 e. The van der Waals surface area contributed by atoms with Gasteiger partial charge in [-0.05, 0) is 31.0 Å². The van der Waals surface area contributed by atoms with Crippen molar-refractivity contribution in [3.05, 3.63) is 34.7 Å². The highest BCUT2D eigenvalue weighted by Crippen LogP contribution is 2.16. The Morgan fingerprint density at radius 3 is 2.84 bits per heavy atom. The summed E-state index contributed by atoms with van der Waals surface area (Å²) in [5.41, 5.74) is 1.85. The molecule has 1 aromatic rings. The number of carbonyl (C=O) groups excluding carboxylic acids is 1. The zero-order chi connectivity index (χ0) is 14.1. The summed E-state index contributed by atoms with van der Waals surface area (Å²) in [5, 5.41) is 6.82. The van der Waals surface area contributed by atoms with Gasteiger partial charge in [0.25, 0.3) is 0 Å². The molecule has 19 heavy (non-hydrogen) atoms. The van der Waals surface area contributed by atoms with Gasteiger partial charge in [-0.1, -0.05) is 19.1 Å². The number of alkyl carbamates (subject to hydrolysis) is 1. The normalized spacial score (nSPS) is 9.79. The van der Waals surface area contributed by atoms with Crippen LogP contribution in [0.3, 0.4) is 0 Å². The summed E-state index contributed by atoms with van der Waals surface area (Å²) in [5.74, 6) is 0. The number of nitrogens with one attached hydrogen (secondary N) is 1. The smallest absolute Gasteiger partial charge is 0.407 e. The third-order valence-electron chi connectivity index (χ3n) is 2.58. The molecule has 0 bridgehead atoms. The SMILES string of the molecule is CCOC(=O)NCCN(N=O)c1cccc(CC)c1. The second-order valence-corrected chi connectivity index (χ2v) is 3.88. The van der Waals surface area contributed by atoms with Crippen LogP contribution in [-0.4, -0.2) is 25.8 Å². The Kier molecular flexibility index (Phi) is 6.35. The molecule has 6 nitrogen and oxygen atoms in total. The van der Waals surface area contributed by atoms with Crippen molar-refractivity contribution in [1.82, 2.24) is 5.32 Å². The lowest BCUT2D eigenvalue weighted by Gasteiger charge is -2.16. The van der Waals surface area contributed by atoms with Crippen molar-refractivity contribution in [2.24, 2.45) is 5.29 Å². The number of ether oxygens (including phenoxy) is 1. The maximum absolute atomic E-state index is 11.1. The van der Waals surface area contributed by atoms with Gasteiger partial charge in [0, 0.05) is 6.54 Å². The van der Waals surface area contributed by atoms with Gasteiger partial charge in [-0.25, -0.2) is 9.80 Å². The van der Waals surface area contributed by atoms with Crippen molar-refractivity contribution < 1.29 is 9.53 Å². The van der Waals surface area contributed by atoms with Crippen molar-refractivity contribution in [2.75, 3.05) is 24.7 Å². The fourth-order valence-corrected chi connectivity index (χ4v) is 1.60. The largest absolute Gasteiger partial charge is 0.450 e. The molecule has 0 radical (unpaired) electrons. The van der Waals surface area contributed by atoms with Crippen molar-refractivity contribution in [1.29, 1.82) is 0 Å². The molecule has 0 aliphatic rings. The van der Waals surface area contributed by atoms with E-state index >= 15 is 0 Å². The summed E-state index contributed by atoms with van der Waals surface area (Å²) in [6, 6.07) is 7.59. The van der Waals surface area contributed by atoms with Crippen LogP contribution in [0.25, 0.3) is 0 Å². The molecule has 0 fully saturated rings. The Balaban J connectivity index is 2.53. The molecule has 104 valence electrons. The molecule has 0 aliphatic carbocycles. The van der Waals surface area contributed by atoms with E-state index in [2.05, 4.69) is 10.6 Å². The van der Waals surface area contributed by atoms with Gasteiger partial charge in [-0.2, -0.15) is 0 Å². The number of rotatable bonds is 7. The molecular formula is C13H19N3O3. The highest BCUT2D eigenvalue weighted by molar-refractivity contribution is 5.67. The quantitative estimate of drug-likeness (QED) is 0.607. The Hall–Kier alpha value is -2.11. The summed E-state index contributed by atoms with van der Waals surface area (Å²) in [6.45, 7) is 4.69. The summed E-state index contributed by atoms with van der Waals surface area (Å²) >= 11 is 0. The number of anilines is 1. The lowest BCUT2D eigenvalue weighted by atomic mass is 10.1. The number of carbonyl (C=O) groups is 1. The zero-order valence-corrected chi connectivity index (χ0v) is 11.3. The molecule has 0 saturated heterocycles. The number of benzene rings is 1. The predicted molar refractivity (Wildman–Crippen MR) is 74.0 cm³/mol. The minimum atomic E-state index is -0.490. The molecule has 0 aliphatic heterocycles. The monoisotopic (exact) mass is 265 g/mol. The fraction of sp³-hybridized carbons (Fsp3) is 0.462. The molecule has 0 atom stereocenters. The van der Waals surface area contributed by atoms with Gasteiger partial charge in [-0.3, -0.25) is 0 Å². The molecule has 6 heteroatoms. The number of aryl methyl sites for hydroxylation is 1. The first-order valence-corrected chi connectivity index (χ1v) is 6.31. The van der Waals surface area contributed by atoms with Crippen LogP contribution in [0.1, 0.15) is 19.4 Å². The second-order valence-electron chi connectivity index (χ2n) is 3.88. The van der Waals surface area contributed by atoms with Gasteiger partial charge in [0.2, 0.25) is 0 Å². The van der Waals surface area contributed by atoms with Gasteiger partial charge in [0.15, 0.2) is 0 Å². The minimum absolute atomic E-state index is 0.293. The molecule has 1 aromatic carbocycles. The van der Waals surface area contributed by atoms with E-state index in [1.807, 2.05) is 31.2 Å². The lowest BCUT2D eigenvalue weighted by Crippen LogP contribution is -2.32. The van der Waals surface area contributed by atoms with Crippen molar-refractivity contribution in [3.8, 4) is 0 Å². The molecule has 1 N–H and O–H groups in total. The third kappa shape index (κ3) is 4.95. The zero-order valence-electron chi connectivity index (χ0n) is 11.3. The van der Waals surface area contributed by atoms with E-state index in [0.717, 1.165) is 17.7 Å². The third-order valence-corrected chi connectivity index (χ3v) is 2.58. The molecule has 1 amide bonds. The van der Waals surface area contributed by atoms with E-state index in [1.54, 1.807) is 6.92 Å². The first-order chi connectivity index (χ1) is 9.21. The van der Waals surface area contributed by atoms with Gasteiger partial charge >= 0.3 is 6.09 Å². The van der Waals surface area contributed by atoms with E-state index < -0.39 is 6.09 Å². The Bertz CT molecular complexity index is 423. The van der Waals surface area contributed by atoms with Crippen molar-refractivity contribution in [3.63, 3.8) is 0 Å². The van der Waals surface area contributed by atoms with Gasteiger partial charge in [0.1, 0.15) is 0 Å². The maximum atomic E-state index is 11.1. The number of nitroso groups, excluding NO2 is 1. The van der Waals surface area contributed by atoms with Crippen molar-refractivity contribution >= 4 is 11.8 Å². The number of hydrogen-bond donors (Lipinski definition) is 1. The van der Waals surface area contributed by atoms with E-state index in [0.29, 0.717) is 19.7 Å². The molecule has 1 rings (SSSR count). The van der Waals surface area contributed by atoms with Gasteiger partial charge in [-0.15, -0.1) is 4.91 Å². The number of nitrogens with zero attached hydrogens (tertiary/aromatic N) is 2. The second kappa shape index (κ2) is 8.07. The molecule has 0 aromatic heterocycles. The topological polar surface area (TPSA) is 71.0 Å². The summed E-state index contributed by atoms with van der Waals surface area (Å²) in [6.07, 6.45) is 0.400. The van der Waals surface area contributed by atoms with E-state index in [4.69, 9.17) is 4.74 Å². The van der Waals surface area contributed by atoms with Crippen LogP contribution < -0.4 is 10.3 Å². The average molecular weight is 265 g/mol. The molecule has 0 unspecified atom stereocenters. The van der Waals surface area contributed by atoms with E-state index in [-0.39, 0.29) is 0 Å². The lowest BCUT2D eigenvalue weighted by molar-refractivity contribution is 0.152. The van der Waals surface area contributed by atoms with Crippen LogP contribution in [0, 0.1) is 4.91 Å². The summed E-state index contributed by atoms with van der Waals surface area (Å²) < 4.78 is 4.72. The van der Waals surface area contributed by atoms with Gasteiger partial charge < -0.3 is 10.1 Å². The highest BCUT2D eigenvalue weighted by Gasteiger charge is 2.08. The van der Waals surface area contributed by atoms with Crippen LogP contribution in [-0.2, 0) is 11.2 Å². The van der Waals surface area contributed by atoms with Crippen LogP contribution >= 0.6 is 0 Å². The molecular weight excluding hydrogens is 246 g/mol. The van der Waals surface area contributed by atoms with Crippen LogP contribution in [0.2, 0.25) is 0 Å². The molecule has 0 saturated carbocycles. The number of hydrogen-bond acceptors (Lipinski definition) is 4. The van der Waals surface area contributed by atoms with E-state index in [9.17, 15) is 9.70 Å². The predicted octanol–water partition coefficient (Wildman–Crippen LogP) is 2.48. The standard InChI is InChI=1S/C13H19N3O3/c1-3-11-6-5-7-12(10-11)16(15-18)9-8-14-13(17)19-4-2/h5-7,10H,3-4,8-9H2,1-2H3,(H,14,17). The first kappa shape index (κ1) is 14.9. The first-order valence-electron chi connectivity index (χ1n) is 6.31. The summed E-state index contributed by atoms with van der Waals surface area (Å²) in [4.78, 5) is 21.9. The van der Waals surface area contributed by atoms with Crippen LogP contribution in [0.5, 0.6) is 0 Å². The highest BCUT2D eigenvalue weighted by atomic mass is 16.5. The van der Waals surface area contributed by atoms with Crippen LogP contribution in [0.4, 0.5) is 10.5 Å². The molecule has 0 spiro atoms. The average Bonchev–Trinajstić information content (AvgIpc) is 2.44. The fourth-order valence-electron chi connectivity index (χ4n) is 1.60. The Morgan fingerprint density at radius 1 is 1.42 bits per heavy atom. The van der Waals surface area contributed by atoms with Crippen molar-refractivity contribution in [2.45, 2.75) is 20.3 Å². The number of amides is 1. The Labute approximate surface area is 112 Å². The molecule has 0 heterocycles.